The van der Waals surface area contributed by atoms with E-state index in [2.05, 4.69) is 5.32 Å². The van der Waals surface area contributed by atoms with Gasteiger partial charge in [-0.1, -0.05) is 17.7 Å². The quantitative estimate of drug-likeness (QED) is 0.259. The largest absolute Gasteiger partial charge is 0.416 e. The van der Waals surface area contributed by atoms with Gasteiger partial charge in [0.2, 0.25) is 5.67 Å². The van der Waals surface area contributed by atoms with E-state index in [0.717, 1.165) is 18.2 Å². The zero-order valence-corrected chi connectivity index (χ0v) is 16.0. The zero-order chi connectivity index (χ0) is 19.8. The van der Waals surface area contributed by atoms with Gasteiger partial charge < -0.3 is 5.32 Å². The molecule has 0 aliphatic carbocycles. The second-order valence-corrected chi connectivity index (χ2v) is 7.85. The summed E-state index contributed by atoms with van der Waals surface area (Å²) in [5.74, 6) is -0.0195. The van der Waals surface area contributed by atoms with E-state index in [0.29, 0.717) is 22.9 Å². The van der Waals surface area contributed by atoms with E-state index in [4.69, 9.17) is 23.2 Å². The van der Waals surface area contributed by atoms with Gasteiger partial charge in [0.15, 0.2) is 0 Å². The van der Waals surface area contributed by atoms with Gasteiger partial charge in [-0.15, -0.1) is 23.4 Å². The van der Waals surface area contributed by atoms with Gasteiger partial charge in [-0.25, -0.2) is 4.39 Å². The van der Waals surface area contributed by atoms with Gasteiger partial charge in [0.1, 0.15) is 0 Å². The monoisotopic (exact) mass is 437 g/mol. The number of anilines is 1. The van der Waals surface area contributed by atoms with Crippen molar-refractivity contribution in [2.24, 2.45) is 0 Å². The van der Waals surface area contributed by atoms with E-state index in [1.807, 2.05) is 0 Å². The van der Waals surface area contributed by atoms with Gasteiger partial charge in [0, 0.05) is 32.6 Å². The third kappa shape index (κ3) is 3.77. The average molecular weight is 438 g/mol. The summed E-state index contributed by atoms with van der Waals surface area (Å²) in [6, 6.07) is 6.98. The standard InChI is InChI=1S/C18H13Cl2F4NOS/c19-6-1-7-27-15-5-3-11(20)9-13(15)17(21)12-4-2-10(18(22,23)24)8-14(12)25-16(17)26/h2-5,8-9H,1,6-7H2,(H,25,26). The minimum Gasteiger partial charge on any atom is -0.322 e. The van der Waals surface area contributed by atoms with Crippen molar-refractivity contribution in [2.45, 2.75) is 23.2 Å². The molecule has 1 heterocycles. The maximum Gasteiger partial charge on any atom is 0.416 e. The van der Waals surface area contributed by atoms with Crippen molar-refractivity contribution in [3.05, 3.63) is 58.1 Å². The molecule has 2 aromatic carbocycles. The molecule has 1 aliphatic heterocycles. The first-order valence-electron chi connectivity index (χ1n) is 7.89. The first-order valence-corrected chi connectivity index (χ1v) is 9.78. The molecular formula is C18H13Cl2F4NOS. The molecule has 0 spiro atoms. The Kier molecular flexibility index (Phi) is 5.66. The lowest BCUT2D eigenvalue weighted by molar-refractivity contribution is -0.137. The van der Waals surface area contributed by atoms with Crippen molar-refractivity contribution in [3.63, 3.8) is 0 Å². The number of alkyl halides is 5. The maximum atomic E-state index is 16.0. The van der Waals surface area contributed by atoms with Crippen LogP contribution in [0.4, 0.5) is 23.2 Å². The molecule has 1 amide bonds. The van der Waals surface area contributed by atoms with Gasteiger partial charge in [0.25, 0.3) is 5.91 Å². The second-order valence-electron chi connectivity index (χ2n) is 5.90. The number of hydrogen-bond acceptors (Lipinski definition) is 2. The molecule has 2 nitrogen and oxygen atoms in total. The Morgan fingerprint density at radius 3 is 2.52 bits per heavy atom. The molecule has 0 saturated heterocycles. The van der Waals surface area contributed by atoms with E-state index in [9.17, 15) is 18.0 Å². The van der Waals surface area contributed by atoms with Crippen LogP contribution in [0.15, 0.2) is 41.3 Å². The molecule has 0 aromatic heterocycles. The highest BCUT2D eigenvalue weighted by atomic mass is 35.5. The molecular weight excluding hydrogens is 425 g/mol. The number of nitrogens with one attached hydrogen (secondary N) is 1. The summed E-state index contributed by atoms with van der Waals surface area (Å²) in [6.45, 7) is 0. The van der Waals surface area contributed by atoms with Crippen LogP contribution in [0.1, 0.15) is 23.1 Å². The van der Waals surface area contributed by atoms with E-state index in [1.165, 1.54) is 17.8 Å². The number of halogens is 6. The first-order chi connectivity index (χ1) is 12.7. The van der Waals surface area contributed by atoms with Crippen molar-refractivity contribution in [2.75, 3.05) is 16.9 Å². The Balaban J connectivity index is 2.10. The fraction of sp³-hybridized carbons (Fsp3) is 0.278. The van der Waals surface area contributed by atoms with E-state index in [1.54, 1.807) is 12.1 Å². The van der Waals surface area contributed by atoms with Gasteiger partial charge >= 0.3 is 6.18 Å². The highest BCUT2D eigenvalue weighted by Crippen LogP contribution is 2.49. The number of carbonyl (C=O) groups is 1. The molecule has 144 valence electrons. The molecule has 2 aromatic rings. The van der Waals surface area contributed by atoms with Crippen LogP contribution in [-0.4, -0.2) is 17.5 Å². The molecule has 0 saturated carbocycles. The van der Waals surface area contributed by atoms with Gasteiger partial charge in [0.05, 0.1) is 5.56 Å². The number of carbonyl (C=O) groups excluding carboxylic acids is 1. The topological polar surface area (TPSA) is 29.1 Å². The number of hydrogen-bond donors (Lipinski definition) is 1. The summed E-state index contributed by atoms with van der Waals surface area (Å²) in [5.41, 5.74) is -3.96. The number of fused-ring (bicyclic) bond motifs is 1. The second kappa shape index (κ2) is 7.53. The third-order valence-corrected chi connectivity index (χ3v) is 5.79. The Morgan fingerprint density at radius 1 is 1.11 bits per heavy atom. The van der Waals surface area contributed by atoms with Gasteiger partial charge in [-0.3, -0.25) is 4.79 Å². The minimum absolute atomic E-state index is 0.00517. The van der Waals surface area contributed by atoms with Crippen LogP contribution < -0.4 is 5.32 Å². The molecule has 0 fully saturated rings. The van der Waals surface area contributed by atoms with Crippen LogP contribution >= 0.6 is 35.0 Å². The lowest BCUT2D eigenvalue weighted by atomic mass is 9.88. The lowest BCUT2D eigenvalue weighted by Crippen LogP contribution is -2.31. The van der Waals surface area contributed by atoms with Crippen molar-refractivity contribution >= 4 is 46.6 Å². The highest BCUT2D eigenvalue weighted by molar-refractivity contribution is 7.99. The third-order valence-electron chi connectivity index (χ3n) is 4.13. The van der Waals surface area contributed by atoms with E-state index < -0.39 is 23.3 Å². The number of amides is 1. The van der Waals surface area contributed by atoms with E-state index >= 15 is 4.39 Å². The molecule has 9 heteroatoms. The summed E-state index contributed by atoms with van der Waals surface area (Å²) in [7, 11) is 0. The maximum absolute atomic E-state index is 16.0. The molecule has 1 aliphatic rings. The molecule has 1 unspecified atom stereocenters. The van der Waals surface area contributed by atoms with E-state index in [-0.39, 0.29) is 21.8 Å². The van der Waals surface area contributed by atoms with Crippen LogP contribution in [-0.2, 0) is 16.6 Å². The van der Waals surface area contributed by atoms with Gasteiger partial charge in [-0.05, 0) is 42.5 Å². The fourth-order valence-corrected chi connectivity index (χ4v) is 4.35. The Hall–Kier alpha value is -1.44. The SMILES string of the molecule is O=C1Nc2cc(C(F)(F)F)ccc2C1(F)c1cc(Cl)ccc1SCCCCl. The van der Waals surface area contributed by atoms with Crippen LogP contribution in [0.5, 0.6) is 0 Å². The number of rotatable bonds is 5. The number of benzene rings is 2. The van der Waals surface area contributed by atoms with Crippen molar-refractivity contribution in [3.8, 4) is 0 Å². The Labute approximate surface area is 167 Å². The molecule has 0 bridgehead atoms. The average Bonchev–Trinajstić information content (AvgIpc) is 2.86. The zero-order valence-electron chi connectivity index (χ0n) is 13.7. The summed E-state index contributed by atoms with van der Waals surface area (Å²) in [5, 5.41) is 2.44. The summed E-state index contributed by atoms with van der Waals surface area (Å²) in [6.07, 6.45) is -3.93. The van der Waals surface area contributed by atoms with Gasteiger partial charge in [-0.2, -0.15) is 13.2 Å². The Morgan fingerprint density at radius 2 is 1.85 bits per heavy atom. The molecule has 0 radical (unpaired) electrons. The van der Waals surface area contributed by atoms with Crippen molar-refractivity contribution in [1.29, 1.82) is 0 Å². The summed E-state index contributed by atoms with van der Waals surface area (Å²) >= 11 is 13.0. The summed E-state index contributed by atoms with van der Waals surface area (Å²) < 4.78 is 54.8. The highest BCUT2D eigenvalue weighted by Gasteiger charge is 2.51. The molecule has 1 N–H and O–H groups in total. The smallest absolute Gasteiger partial charge is 0.322 e. The molecule has 1 atom stereocenters. The molecule has 3 rings (SSSR count). The molecule has 27 heavy (non-hydrogen) atoms. The normalized spacial score (nSPS) is 19.1. The Bertz CT molecular complexity index is 890. The van der Waals surface area contributed by atoms with Crippen molar-refractivity contribution in [1.82, 2.24) is 0 Å². The number of thioether (sulfide) groups is 1. The van der Waals surface area contributed by atoms with Crippen LogP contribution in [0, 0.1) is 0 Å². The van der Waals surface area contributed by atoms with Crippen LogP contribution in [0.25, 0.3) is 0 Å². The summed E-state index contributed by atoms with van der Waals surface area (Å²) in [4.78, 5) is 12.9. The predicted octanol–water partition coefficient (Wildman–Crippen LogP) is 6.25. The fourth-order valence-electron chi connectivity index (χ4n) is 2.86. The van der Waals surface area contributed by atoms with Crippen molar-refractivity contribution < 1.29 is 22.4 Å². The van der Waals surface area contributed by atoms with Crippen LogP contribution in [0.3, 0.4) is 0 Å². The lowest BCUT2D eigenvalue weighted by Gasteiger charge is -2.22. The van der Waals surface area contributed by atoms with Crippen LogP contribution in [0.2, 0.25) is 5.02 Å². The first kappa shape index (κ1) is 20.3. The predicted molar refractivity (Wildman–Crippen MR) is 99.5 cm³/mol. The minimum atomic E-state index is -4.60.